The molecule has 0 saturated heterocycles. The van der Waals surface area contributed by atoms with Gasteiger partial charge >= 0.3 is 5.69 Å². The molecule has 0 radical (unpaired) electrons. The molecule has 0 aliphatic heterocycles. The van der Waals surface area contributed by atoms with E-state index >= 15 is 0 Å². The predicted molar refractivity (Wildman–Crippen MR) is 85.2 cm³/mol. The molecule has 3 rings (SSSR count). The number of hydrogen-bond donors (Lipinski definition) is 2. The highest BCUT2D eigenvalue weighted by Gasteiger charge is 2.22. The molecule has 0 saturated carbocycles. The Labute approximate surface area is 144 Å². The molecule has 0 amide bonds. The Kier molecular flexibility index (Phi) is 4.00. The Balaban J connectivity index is 2.11. The number of aromatic nitrogens is 2. The molecule has 3 aromatic rings. The van der Waals surface area contributed by atoms with Crippen molar-refractivity contribution in [3.63, 3.8) is 0 Å². The van der Waals surface area contributed by atoms with Crippen LogP contribution in [0.4, 0.5) is 5.69 Å². The molecule has 8 nitrogen and oxygen atoms in total. The molecule has 122 valence electrons. The van der Waals surface area contributed by atoms with Crippen LogP contribution in [0.25, 0.3) is 22.7 Å². The SMILES string of the molecule is O=[N+]([O-])c1cc(-c2coc(-c3c(Cl)cncc3Cl)n2)cc(O)c1O. The Hall–Kier alpha value is -2.84. The van der Waals surface area contributed by atoms with Crippen molar-refractivity contribution in [1.82, 2.24) is 9.97 Å². The van der Waals surface area contributed by atoms with E-state index in [1.165, 1.54) is 18.7 Å². The van der Waals surface area contributed by atoms with E-state index in [0.717, 1.165) is 12.1 Å². The lowest BCUT2D eigenvalue weighted by molar-refractivity contribution is -0.385. The number of nitrogens with zero attached hydrogens (tertiary/aromatic N) is 3. The van der Waals surface area contributed by atoms with Crippen LogP contribution in [0.1, 0.15) is 0 Å². The fraction of sp³-hybridized carbons (Fsp3) is 0. The lowest BCUT2D eigenvalue weighted by atomic mass is 10.1. The number of hydrogen-bond acceptors (Lipinski definition) is 7. The van der Waals surface area contributed by atoms with Gasteiger partial charge in [0.2, 0.25) is 11.6 Å². The molecule has 0 spiro atoms. The van der Waals surface area contributed by atoms with Crippen LogP contribution in [0, 0.1) is 10.1 Å². The smallest absolute Gasteiger partial charge is 0.315 e. The van der Waals surface area contributed by atoms with Gasteiger partial charge in [-0.05, 0) is 6.07 Å². The molecule has 0 bridgehead atoms. The molecule has 2 heterocycles. The minimum Gasteiger partial charge on any atom is -0.504 e. The summed E-state index contributed by atoms with van der Waals surface area (Å²) in [5, 5.41) is 30.5. The highest BCUT2D eigenvalue weighted by molar-refractivity contribution is 6.38. The van der Waals surface area contributed by atoms with E-state index in [9.17, 15) is 20.3 Å². The van der Waals surface area contributed by atoms with Crippen LogP contribution in [0.3, 0.4) is 0 Å². The zero-order valence-corrected chi connectivity index (χ0v) is 13.1. The lowest BCUT2D eigenvalue weighted by Crippen LogP contribution is -1.90. The molecule has 2 aromatic heterocycles. The van der Waals surface area contributed by atoms with Crippen molar-refractivity contribution in [3.05, 3.63) is 50.9 Å². The molecule has 1 aromatic carbocycles. The van der Waals surface area contributed by atoms with Crippen LogP contribution < -0.4 is 0 Å². The third kappa shape index (κ3) is 2.72. The van der Waals surface area contributed by atoms with Crippen molar-refractivity contribution >= 4 is 28.9 Å². The maximum absolute atomic E-state index is 10.9. The van der Waals surface area contributed by atoms with Crippen molar-refractivity contribution in [2.45, 2.75) is 0 Å². The van der Waals surface area contributed by atoms with Crippen LogP contribution in [-0.4, -0.2) is 25.1 Å². The molecule has 0 aliphatic rings. The average Bonchev–Trinajstić information content (AvgIpc) is 2.99. The molecule has 0 unspecified atom stereocenters. The standard InChI is InChI=1S/C14H7Cl2N3O5/c15-7-3-17-4-8(16)12(7)14-18-9(5-24-14)6-1-10(19(22)23)13(21)11(20)2-6/h1-5,20-21H. The topological polar surface area (TPSA) is 123 Å². The second-order valence-electron chi connectivity index (χ2n) is 4.64. The van der Waals surface area contributed by atoms with Crippen LogP contribution in [0.2, 0.25) is 10.0 Å². The van der Waals surface area contributed by atoms with E-state index < -0.39 is 22.1 Å². The third-order valence-electron chi connectivity index (χ3n) is 3.13. The molecule has 24 heavy (non-hydrogen) atoms. The van der Waals surface area contributed by atoms with E-state index in [1.807, 2.05) is 0 Å². The maximum Gasteiger partial charge on any atom is 0.315 e. The van der Waals surface area contributed by atoms with Crippen molar-refractivity contribution in [2.24, 2.45) is 0 Å². The normalized spacial score (nSPS) is 10.8. The van der Waals surface area contributed by atoms with Gasteiger partial charge < -0.3 is 14.6 Å². The zero-order valence-electron chi connectivity index (χ0n) is 11.6. The van der Waals surface area contributed by atoms with Gasteiger partial charge in [0.1, 0.15) is 12.0 Å². The number of phenolic OH excluding ortho intramolecular Hbond substituents is 2. The van der Waals surface area contributed by atoms with Crippen LogP contribution >= 0.6 is 23.2 Å². The van der Waals surface area contributed by atoms with Gasteiger partial charge in [-0.1, -0.05) is 23.2 Å². The van der Waals surface area contributed by atoms with Gasteiger partial charge in [-0.3, -0.25) is 15.1 Å². The molecule has 0 atom stereocenters. The van der Waals surface area contributed by atoms with Crippen molar-refractivity contribution in [2.75, 3.05) is 0 Å². The number of aromatic hydroxyl groups is 2. The number of pyridine rings is 1. The zero-order chi connectivity index (χ0) is 17.4. The minimum atomic E-state index is -0.826. The van der Waals surface area contributed by atoms with Crippen molar-refractivity contribution in [3.8, 4) is 34.2 Å². The number of nitro groups is 1. The first kappa shape index (κ1) is 16.0. The number of oxazole rings is 1. The number of phenols is 2. The van der Waals surface area contributed by atoms with Gasteiger partial charge in [0.05, 0.1) is 20.5 Å². The molecular weight excluding hydrogens is 361 g/mol. The maximum atomic E-state index is 10.9. The van der Waals surface area contributed by atoms with Gasteiger partial charge in [0, 0.05) is 24.0 Å². The second kappa shape index (κ2) is 5.99. The van der Waals surface area contributed by atoms with Crippen LogP contribution in [0.5, 0.6) is 11.5 Å². The van der Waals surface area contributed by atoms with E-state index in [-0.39, 0.29) is 27.2 Å². The fourth-order valence-electron chi connectivity index (χ4n) is 2.03. The van der Waals surface area contributed by atoms with E-state index in [0.29, 0.717) is 5.56 Å². The predicted octanol–water partition coefficient (Wildman–Crippen LogP) is 4.03. The number of rotatable bonds is 3. The molecule has 10 heteroatoms. The minimum absolute atomic E-state index is 0.0811. The van der Waals surface area contributed by atoms with Crippen LogP contribution in [-0.2, 0) is 0 Å². The van der Waals surface area contributed by atoms with E-state index in [1.54, 1.807) is 0 Å². The van der Waals surface area contributed by atoms with Gasteiger partial charge in [0.15, 0.2) is 5.75 Å². The molecule has 2 N–H and O–H groups in total. The Morgan fingerprint density at radius 3 is 2.46 bits per heavy atom. The summed E-state index contributed by atoms with van der Waals surface area (Å²) >= 11 is 12.0. The Morgan fingerprint density at radius 2 is 1.83 bits per heavy atom. The summed E-state index contributed by atoms with van der Waals surface area (Å²) in [6, 6.07) is 2.19. The first-order chi connectivity index (χ1) is 11.4. The molecular formula is C14H7Cl2N3O5. The van der Waals surface area contributed by atoms with Gasteiger partial charge in [0.25, 0.3) is 0 Å². The monoisotopic (exact) mass is 367 g/mol. The van der Waals surface area contributed by atoms with Gasteiger partial charge in [-0.2, -0.15) is 0 Å². The highest BCUT2D eigenvalue weighted by atomic mass is 35.5. The fourth-order valence-corrected chi connectivity index (χ4v) is 2.55. The van der Waals surface area contributed by atoms with Gasteiger partial charge in [-0.15, -0.1) is 0 Å². The first-order valence-electron chi connectivity index (χ1n) is 6.34. The third-order valence-corrected chi connectivity index (χ3v) is 3.71. The summed E-state index contributed by atoms with van der Waals surface area (Å²) in [6.45, 7) is 0. The van der Waals surface area contributed by atoms with E-state index in [2.05, 4.69) is 9.97 Å². The summed E-state index contributed by atoms with van der Waals surface area (Å²) < 4.78 is 5.32. The van der Waals surface area contributed by atoms with Crippen molar-refractivity contribution < 1.29 is 19.6 Å². The quantitative estimate of drug-likeness (QED) is 0.406. The highest BCUT2D eigenvalue weighted by Crippen LogP contribution is 2.40. The Bertz CT molecular complexity index is 937. The largest absolute Gasteiger partial charge is 0.504 e. The lowest BCUT2D eigenvalue weighted by Gasteiger charge is -2.02. The number of nitro benzene ring substituents is 1. The van der Waals surface area contributed by atoms with Crippen molar-refractivity contribution in [1.29, 1.82) is 0 Å². The summed E-state index contributed by atoms with van der Waals surface area (Å²) in [6.07, 6.45) is 3.95. The first-order valence-corrected chi connectivity index (χ1v) is 7.09. The second-order valence-corrected chi connectivity index (χ2v) is 5.45. The number of halogens is 2. The summed E-state index contributed by atoms with van der Waals surface area (Å²) in [7, 11) is 0. The molecule has 0 aliphatic carbocycles. The van der Waals surface area contributed by atoms with Crippen LogP contribution in [0.15, 0.2) is 35.2 Å². The Morgan fingerprint density at radius 1 is 1.17 bits per heavy atom. The number of benzene rings is 1. The van der Waals surface area contributed by atoms with E-state index in [4.69, 9.17) is 27.6 Å². The summed E-state index contributed by atoms with van der Waals surface area (Å²) in [5.41, 5.74) is 0.0206. The molecule has 0 fully saturated rings. The summed E-state index contributed by atoms with van der Waals surface area (Å²) in [5.74, 6) is -1.39. The average molecular weight is 368 g/mol. The van der Waals surface area contributed by atoms with Gasteiger partial charge in [-0.25, -0.2) is 4.98 Å². The summed E-state index contributed by atoms with van der Waals surface area (Å²) in [4.78, 5) is 18.1.